The summed E-state index contributed by atoms with van der Waals surface area (Å²) in [6.07, 6.45) is 5.50. The predicted octanol–water partition coefficient (Wildman–Crippen LogP) is 3.37. The first-order valence-corrected chi connectivity index (χ1v) is 7.76. The predicted molar refractivity (Wildman–Crippen MR) is 62.2 cm³/mol. The molecule has 0 spiro atoms. The van der Waals surface area contributed by atoms with Crippen molar-refractivity contribution in [3.63, 3.8) is 0 Å². The summed E-state index contributed by atoms with van der Waals surface area (Å²) in [7, 11) is -2.16. The SMILES string of the molecule is CCCCP(=O)(CCC#N)CCCC#N. The summed E-state index contributed by atoms with van der Waals surface area (Å²) < 4.78 is 12.3. The molecule has 3 nitrogen and oxygen atoms in total. The number of rotatable bonds is 8. The van der Waals surface area contributed by atoms with Crippen LogP contribution in [0.15, 0.2) is 0 Å². The van der Waals surface area contributed by atoms with Gasteiger partial charge < -0.3 is 4.57 Å². The molecule has 0 aromatic heterocycles. The average molecular weight is 226 g/mol. The van der Waals surface area contributed by atoms with Crippen LogP contribution in [0.3, 0.4) is 0 Å². The number of unbranched alkanes of at least 4 members (excludes halogenated alkanes) is 2. The Morgan fingerprint density at radius 2 is 1.60 bits per heavy atom. The van der Waals surface area contributed by atoms with Crippen molar-refractivity contribution < 1.29 is 4.57 Å². The Labute approximate surface area is 92.5 Å². The highest BCUT2D eigenvalue weighted by molar-refractivity contribution is 7.63. The van der Waals surface area contributed by atoms with E-state index in [1.54, 1.807) is 0 Å². The molecule has 0 saturated heterocycles. The van der Waals surface area contributed by atoms with E-state index in [0.29, 0.717) is 31.6 Å². The lowest BCUT2D eigenvalue weighted by molar-refractivity contribution is 0.570. The number of hydrogen-bond donors (Lipinski definition) is 0. The van der Waals surface area contributed by atoms with E-state index in [9.17, 15) is 4.57 Å². The first-order chi connectivity index (χ1) is 7.18. The molecule has 4 heteroatoms. The van der Waals surface area contributed by atoms with E-state index in [-0.39, 0.29) is 0 Å². The minimum absolute atomic E-state index is 0.382. The van der Waals surface area contributed by atoms with Crippen LogP contribution in [0.25, 0.3) is 0 Å². The van der Waals surface area contributed by atoms with Crippen LogP contribution in [0, 0.1) is 22.7 Å². The lowest BCUT2D eigenvalue weighted by Crippen LogP contribution is -2.00. The number of hydrogen-bond acceptors (Lipinski definition) is 3. The lowest BCUT2D eigenvalue weighted by Gasteiger charge is -2.15. The number of nitrogens with zero attached hydrogens (tertiary/aromatic N) is 2. The second kappa shape index (κ2) is 8.51. The third kappa shape index (κ3) is 7.18. The highest BCUT2D eigenvalue weighted by Crippen LogP contribution is 2.47. The van der Waals surface area contributed by atoms with Gasteiger partial charge in [-0.05, 0) is 12.8 Å². The zero-order chi connectivity index (χ0) is 11.6. The molecule has 0 fully saturated rings. The maximum Gasteiger partial charge on any atom is 0.0888 e. The molecule has 0 aromatic rings. The summed E-state index contributed by atoms with van der Waals surface area (Å²) in [5.41, 5.74) is 0. The van der Waals surface area contributed by atoms with Crippen molar-refractivity contribution in [2.24, 2.45) is 0 Å². The van der Waals surface area contributed by atoms with Gasteiger partial charge in [-0.2, -0.15) is 10.5 Å². The Morgan fingerprint density at radius 3 is 2.13 bits per heavy atom. The topological polar surface area (TPSA) is 64.7 Å². The quantitative estimate of drug-likeness (QED) is 0.470. The first-order valence-electron chi connectivity index (χ1n) is 5.49. The smallest absolute Gasteiger partial charge is 0.0888 e. The molecule has 0 radical (unpaired) electrons. The third-order valence-corrected chi connectivity index (χ3v) is 5.71. The van der Waals surface area contributed by atoms with Crippen molar-refractivity contribution in [1.29, 1.82) is 10.5 Å². The maximum absolute atomic E-state index is 12.3. The van der Waals surface area contributed by atoms with Crippen molar-refractivity contribution in [2.45, 2.75) is 39.0 Å². The summed E-state index contributed by atoms with van der Waals surface area (Å²) in [6.45, 7) is 2.07. The minimum atomic E-state index is -2.16. The summed E-state index contributed by atoms with van der Waals surface area (Å²) >= 11 is 0. The highest BCUT2D eigenvalue weighted by Gasteiger charge is 2.20. The van der Waals surface area contributed by atoms with Crippen LogP contribution in [-0.2, 0) is 4.57 Å². The largest absolute Gasteiger partial charge is 0.324 e. The zero-order valence-corrected chi connectivity index (χ0v) is 10.3. The normalized spacial score (nSPS) is 13.8. The summed E-state index contributed by atoms with van der Waals surface area (Å²) in [6, 6.07) is 4.12. The number of nitriles is 2. The Kier molecular flexibility index (Phi) is 8.06. The minimum Gasteiger partial charge on any atom is -0.324 e. The van der Waals surface area contributed by atoms with Gasteiger partial charge in [0.15, 0.2) is 0 Å². The van der Waals surface area contributed by atoms with E-state index in [1.807, 2.05) is 0 Å². The van der Waals surface area contributed by atoms with E-state index in [4.69, 9.17) is 10.5 Å². The molecule has 0 aliphatic heterocycles. The van der Waals surface area contributed by atoms with Gasteiger partial charge in [-0.15, -0.1) is 0 Å². The van der Waals surface area contributed by atoms with E-state index >= 15 is 0 Å². The molecule has 1 atom stereocenters. The highest BCUT2D eigenvalue weighted by atomic mass is 31.2. The Bertz CT molecular complexity index is 288. The van der Waals surface area contributed by atoms with Crippen molar-refractivity contribution >= 4 is 7.14 Å². The molecule has 0 aliphatic rings. The summed E-state index contributed by atoms with van der Waals surface area (Å²) in [4.78, 5) is 0. The van der Waals surface area contributed by atoms with Crippen molar-refractivity contribution in [3.05, 3.63) is 0 Å². The summed E-state index contributed by atoms with van der Waals surface area (Å²) in [5.74, 6) is 0. The van der Waals surface area contributed by atoms with Gasteiger partial charge in [0.2, 0.25) is 0 Å². The van der Waals surface area contributed by atoms with Crippen molar-refractivity contribution in [3.8, 4) is 12.1 Å². The van der Waals surface area contributed by atoms with Gasteiger partial charge >= 0.3 is 0 Å². The fourth-order valence-corrected chi connectivity index (χ4v) is 4.29. The van der Waals surface area contributed by atoms with E-state index in [0.717, 1.165) is 19.0 Å². The molecule has 84 valence electrons. The van der Waals surface area contributed by atoms with Gasteiger partial charge in [0.25, 0.3) is 0 Å². The van der Waals surface area contributed by atoms with Crippen LogP contribution >= 0.6 is 7.14 Å². The van der Waals surface area contributed by atoms with Crippen LogP contribution in [0.4, 0.5) is 0 Å². The first kappa shape index (κ1) is 14.2. The molecule has 0 rings (SSSR count). The second-order valence-electron chi connectivity index (χ2n) is 3.75. The van der Waals surface area contributed by atoms with Gasteiger partial charge in [-0.3, -0.25) is 0 Å². The van der Waals surface area contributed by atoms with Crippen LogP contribution < -0.4 is 0 Å². The van der Waals surface area contributed by atoms with Crippen LogP contribution in [0.5, 0.6) is 0 Å². The molecule has 0 saturated carbocycles. The fourth-order valence-electron chi connectivity index (χ4n) is 1.48. The third-order valence-electron chi connectivity index (χ3n) is 2.40. The molecule has 0 aliphatic carbocycles. The molecule has 0 heterocycles. The molecule has 1 unspecified atom stereocenters. The molecule has 15 heavy (non-hydrogen) atoms. The Morgan fingerprint density at radius 1 is 1.00 bits per heavy atom. The van der Waals surface area contributed by atoms with E-state index < -0.39 is 7.14 Å². The second-order valence-corrected chi connectivity index (χ2v) is 7.21. The Hall–Kier alpha value is -0.790. The van der Waals surface area contributed by atoms with Crippen LogP contribution in [0.1, 0.15) is 39.0 Å². The summed E-state index contributed by atoms with van der Waals surface area (Å²) in [5, 5.41) is 16.9. The average Bonchev–Trinajstić information content (AvgIpc) is 2.24. The molecule has 0 amide bonds. The monoisotopic (exact) mass is 226 g/mol. The lowest BCUT2D eigenvalue weighted by atomic mass is 10.4. The van der Waals surface area contributed by atoms with Gasteiger partial charge in [-0.25, -0.2) is 0 Å². The van der Waals surface area contributed by atoms with Gasteiger partial charge in [0.1, 0.15) is 0 Å². The standard InChI is InChI=1S/C11H19N2OP/c1-2-3-9-15(14,11-6-8-13)10-5-4-7-12/h2-6,9-11H2,1H3. The van der Waals surface area contributed by atoms with Crippen molar-refractivity contribution in [2.75, 3.05) is 18.5 Å². The maximum atomic E-state index is 12.3. The molecular formula is C11H19N2OP. The molecule has 0 bridgehead atoms. The molecule has 0 N–H and O–H groups in total. The zero-order valence-electron chi connectivity index (χ0n) is 9.41. The molecule has 0 aromatic carbocycles. The van der Waals surface area contributed by atoms with Crippen molar-refractivity contribution in [1.82, 2.24) is 0 Å². The fraction of sp³-hybridized carbons (Fsp3) is 0.818. The van der Waals surface area contributed by atoms with Crippen LogP contribution in [-0.4, -0.2) is 18.5 Å². The van der Waals surface area contributed by atoms with E-state index in [2.05, 4.69) is 19.1 Å². The van der Waals surface area contributed by atoms with Gasteiger partial charge in [0.05, 0.1) is 19.3 Å². The van der Waals surface area contributed by atoms with E-state index in [1.165, 1.54) is 0 Å². The van der Waals surface area contributed by atoms with Gasteiger partial charge in [0, 0.05) is 31.3 Å². The van der Waals surface area contributed by atoms with Gasteiger partial charge in [-0.1, -0.05) is 13.3 Å². The Balaban J connectivity index is 4.10. The molecular weight excluding hydrogens is 207 g/mol. The van der Waals surface area contributed by atoms with Crippen LogP contribution in [0.2, 0.25) is 0 Å².